The zero-order valence-electron chi connectivity index (χ0n) is 9.77. The minimum absolute atomic E-state index is 0.117. The van der Waals surface area contributed by atoms with Crippen LogP contribution in [0.1, 0.15) is 29.9 Å². The summed E-state index contributed by atoms with van der Waals surface area (Å²) in [4.78, 5) is 0. The minimum atomic E-state index is -0.225. The van der Waals surface area contributed by atoms with Gasteiger partial charge in [-0.2, -0.15) is 0 Å². The zero-order valence-corrected chi connectivity index (χ0v) is 9.77. The van der Waals surface area contributed by atoms with E-state index in [4.69, 9.17) is 0 Å². The monoisotopic (exact) mass is 235 g/mol. The van der Waals surface area contributed by atoms with E-state index in [1.54, 1.807) is 12.1 Å². The van der Waals surface area contributed by atoms with E-state index < -0.39 is 0 Å². The number of benzene rings is 1. The fourth-order valence-electron chi connectivity index (χ4n) is 1.53. The summed E-state index contributed by atoms with van der Waals surface area (Å²) in [5.41, 5.74) is 2.60. The Balaban J connectivity index is 1.95. The van der Waals surface area contributed by atoms with Crippen LogP contribution in [-0.2, 0) is 6.54 Å². The van der Waals surface area contributed by atoms with Gasteiger partial charge in [0.2, 0.25) is 0 Å². The SMILES string of the molecule is Cc1nonc1CNC(C)c1ccc(F)cc1. The van der Waals surface area contributed by atoms with Crippen molar-refractivity contribution < 1.29 is 9.02 Å². The Bertz CT molecular complexity index is 481. The van der Waals surface area contributed by atoms with Gasteiger partial charge in [-0.15, -0.1) is 0 Å². The standard InChI is InChI=1S/C12H14FN3O/c1-8(10-3-5-11(13)6-4-10)14-7-12-9(2)15-17-16-12/h3-6,8,14H,7H2,1-2H3. The van der Waals surface area contributed by atoms with Crippen molar-refractivity contribution in [2.75, 3.05) is 0 Å². The van der Waals surface area contributed by atoms with Gasteiger partial charge in [-0.1, -0.05) is 22.4 Å². The molecule has 0 saturated heterocycles. The summed E-state index contributed by atoms with van der Waals surface area (Å²) in [6.07, 6.45) is 0. The molecule has 1 atom stereocenters. The third-order valence-corrected chi connectivity index (χ3v) is 2.69. The van der Waals surface area contributed by atoms with Gasteiger partial charge in [0.25, 0.3) is 0 Å². The quantitative estimate of drug-likeness (QED) is 0.883. The molecule has 0 aliphatic heterocycles. The maximum absolute atomic E-state index is 12.8. The van der Waals surface area contributed by atoms with E-state index in [0.29, 0.717) is 6.54 Å². The summed E-state index contributed by atoms with van der Waals surface area (Å²) in [5, 5.41) is 10.8. The number of aryl methyl sites for hydroxylation is 1. The summed E-state index contributed by atoms with van der Waals surface area (Å²) < 4.78 is 17.4. The Labute approximate surface area is 98.8 Å². The molecule has 1 aromatic heterocycles. The molecule has 0 spiro atoms. The molecule has 2 rings (SSSR count). The maximum atomic E-state index is 12.8. The van der Waals surface area contributed by atoms with Crippen LogP contribution in [-0.4, -0.2) is 10.3 Å². The Morgan fingerprint density at radius 1 is 1.29 bits per heavy atom. The third kappa shape index (κ3) is 2.88. The lowest BCUT2D eigenvalue weighted by atomic mass is 10.1. The van der Waals surface area contributed by atoms with Crippen molar-refractivity contribution in [2.24, 2.45) is 0 Å². The molecule has 1 heterocycles. The first-order valence-corrected chi connectivity index (χ1v) is 5.43. The van der Waals surface area contributed by atoms with E-state index in [0.717, 1.165) is 17.0 Å². The van der Waals surface area contributed by atoms with Gasteiger partial charge in [0.05, 0.1) is 0 Å². The van der Waals surface area contributed by atoms with E-state index in [2.05, 4.69) is 20.3 Å². The van der Waals surface area contributed by atoms with Crippen molar-refractivity contribution in [3.8, 4) is 0 Å². The number of nitrogens with zero attached hydrogens (tertiary/aromatic N) is 2. The van der Waals surface area contributed by atoms with E-state index in [1.165, 1.54) is 12.1 Å². The van der Waals surface area contributed by atoms with E-state index >= 15 is 0 Å². The molecule has 0 saturated carbocycles. The molecule has 0 aliphatic rings. The number of rotatable bonds is 4. The molecule has 5 heteroatoms. The number of halogens is 1. The molecule has 0 fully saturated rings. The van der Waals surface area contributed by atoms with Gasteiger partial charge in [0.1, 0.15) is 17.2 Å². The van der Waals surface area contributed by atoms with Crippen molar-refractivity contribution in [1.29, 1.82) is 0 Å². The van der Waals surface area contributed by atoms with Crippen molar-refractivity contribution in [3.63, 3.8) is 0 Å². The summed E-state index contributed by atoms with van der Waals surface area (Å²) in [6, 6.07) is 6.56. The average Bonchev–Trinajstić information content (AvgIpc) is 2.73. The molecule has 0 amide bonds. The van der Waals surface area contributed by atoms with E-state index in [-0.39, 0.29) is 11.9 Å². The van der Waals surface area contributed by atoms with Crippen LogP contribution >= 0.6 is 0 Å². The summed E-state index contributed by atoms with van der Waals surface area (Å²) >= 11 is 0. The highest BCUT2D eigenvalue weighted by Crippen LogP contribution is 2.13. The Kier molecular flexibility index (Phi) is 3.49. The lowest BCUT2D eigenvalue weighted by molar-refractivity contribution is 0.300. The van der Waals surface area contributed by atoms with Crippen LogP contribution in [0.25, 0.3) is 0 Å². The minimum Gasteiger partial charge on any atom is -0.304 e. The molecule has 2 aromatic rings. The van der Waals surface area contributed by atoms with Gasteiger partial charge in [-0.05, 0) is 31.5 Å². The highest BCUT2D eigenvalue weighted by molar-refractivity contribution is 5.19. The van der Waals surface area contributed by atoms with Crippen molar-refractivity contribution >= 4 is 0 Å². The van der Waals surface area contributed by atoms with Gasteiger partial charge in [-0.3, -0.25) is 0 Å². The number of nitrogens with one attached hydrogen (secondary N) is 1. The molecular weight excluding hydrogens is 221 g/mol. The Hall–Kier alpha value is -1.75. The Morgan fingerprint density at radius 2 is 2.00 bits per heavy atom. The maximum Gasteiger partial charge on any atom is 0.123 e. The summed E-state index contributed by atoms with van der Waals surface area (Å²) in [5.74, 6) is -0.225. The average molecular weight is 235 g/mol. The lowest BCUT2D eigenvalue weighted by Crippen LogP contribution is -2.18. The lowest BCUT2D eigenvalue weighted by Gasteiger charge is -2.13. The predicted molar refractivity (Wildman–Crippen MR) is 60.7 cm³/mol. The molecule has 90 valence electrons. The van der Waals surface area contributed by atoms with Gasteiger partial charge in [-0.25, -0.2) is 9.02 Å². The molecule has 17 heavy (non-hydrogen) atoms. The second kappa shape index (κ2) is 5.05. The number of hydrogen-bond donors (Lipinski definition) is 1. The molecule has 0 aliphatic carbocycles. The Morgan fingerprint density at radius 3 is 2.59 bits per heavy atom. The molecule has 4 nitrogen and oxygen atoms in total. The second-order valence-electron chi connectivity index (χ2n) is 3.95. The van der Waals surface area contributed by atoms with Crippen LogP contribution in [0.5, 0.6) is 0 Å². The topological polar surface area (TPSA) is 51.0 Å². The summed E-state index contributed by atoms with van der Waals surface area (Å²) in [7, 11) is 0. The van der Waals surface area contributed by atoms with E-state index in [1.807, 2.05) is 13.8 Å². The molecule has 0 bridgehead atoms. The van der Waals surface area contributed by atoms with Crippen LogP contribution in [0.3, 0.4) is 0 Å². The van der Waals surface area contributed by atoms with Gasteiger partial charge in [0.15, 0.2) is 0 Å². The fraction of sp³-hybridized carbons (Fsp3) is 0.333. The third-order valence-electron chi connectivity index (χ3n) is 2.69. The predicted octanol–water partition coefficient (Wildman–Crippen LogP) is 2.37. The largest absolute Gasteiger partial charge is 0.304 e. The summed E-state index contributed by atoms with van der Waals surface area (Å²) in [6.45, 7) is 4.43. The molecule has 1 aromatic carbocycles. The van der Waals surface area contributed by atoms with Crippen molar-refractivity contribution in [3.05, 3.63) is 47.0 Å². The van der Waals surface area contributed by atoms with Crippen LogP contribution in [0, 0.1) is 12.7 Å². The first-order chi connectivity index (χ1) is 8.16. The highest BCUT2D eigenvalue weighted by Gasteiger charge is 2.08. The van der Waals surface area contributed by atoms with Crippen molar-refractivity contribution in [1.82, 2.24) is 15.6 Å². The van der Waals surface area contributed by atoms with E-state index in [9.17, 15) is 4.39 Å². The molecule has 1 N–H and O–H groups in total. The van der Waals surface area contributed by atoms with Crippen LogP contribution < -0.4 is 5.32 Å². The normalized spacial score (nSPS) is 12.6. The first kappa shape index (κ1) is 11.7. The van der Waals surface area contributed by atoms with Crippen LogP contribution in [0.2, 0.25) is 0 Å². The highest BCUT2D eigenvalue weighted by atomic mass is 19.1. The van der Waals surface area contributed by atoms with Crippen LogP contribution in [0.15, 0.2) is 28.9 Å². The number of hydrogen-bond acceptors (Lipinski definition) is 4. The molecule has 1 unspecified atom stereocenters. The van der Waals surface area contributed by atoms with Crippen molar-refractivity contribution in [2.45, 2.75) is 26.4 Å². The van der Waals surface area contributed by atoms with Gasteiger partial charge in [0, 0.05) is 12.6 Å². The first-order valence-electron chi connectivity index (χ1n) is 5.43. The molecule has 0 radical (unpaired) electrons. The van der Waals surface area contributed by atoms with Crippen LogP contribution in [0.4, 0.5) is 4.39 Å². The molecular formula is C12H14FN3O. The van der Waals surface area contributed by atoms with Gasteiger partial charge >= 0.3 is 0 Å². The number of aromatic nitrogens is 2. The van der Waals surface area contributed by atoms with Gasteiger partial charge < -0.3 is 5.32 Å². The smallest absolute Gasteiger partial charge is 0.123 e. The second-order valence-corrected chi connectivity index (χ2v) is 3.95. The zero-order chi connectivity index (χ0) is 12.3. The fourth-order valence-corrected chi connectivity index (χ4v) is 1.53.